The lowest BCUT2D eigenvalue weighted by atomic mass is 10.1. The van der Waals surface area contributed by atoms with Crippen molar-refractivity contribution in [3.05, 3.63) is 33.8 Å². The standard InChI is InChI=1S/C12H18BrNOS/c1-10-4-5-11(8-12(10)13)9-14-6-3-7-16(2)15/h4-5,8,14H,3,6-7,9H2,1-2H3. The Morgan fingerprint density at radius 2 is 2.19 bits per heavy atom. The molecule has 1 rings (SSSR count). The highest BCUT2D eigenvalue weighted by Crippen LogP contribution is 2.17. The SMILES string of the molecule is Cc1ccc(CNCCCS(C)=O)cc1Br. The average molecular weight is 304 g/mol. The molecule has 90 valence electrons. The first-order valence-electron chi connectivity index (χ1n) is 5.35. The van der Waals surface area contributed by atoms with E-state index in [-0.39, 0.29) is 0 Å². The maximum Gasteiger partial charge on any atom is 0.0244 e. The van der Waals surface area contributed by atoms with Crippen LogP contribution >= 0.6 is 15.9 Å². The van der Waals surface area contributed by atoms with Crippen molar-refractivity contribution in [3.8, 4) is 0 Å². The lowest BCUT2D eigenvalue weighted by molar-refractivity contribution is 0.662. The Morgan fingerprint density at radius 1 is 1.44 bits per heavy atom. The van der Waals surface area contributed by atoms with Crippen LogP contribution in [0.1, 0.15) is 17.5 Å². The van der Waals surface area contributed by atoms with Gasteiger partial charge in [-0.05, 0) is 37.1 Å². The zero-order valence-electron chi connectivity index (χ0n) is 9.75. The van der Waals surface area contributed by atoms with Gasteiger partial charge in [0.25, 0.3) is 0 Å². The van der Waals surface area contributed by atoms with Gasteiger partial charge in [-0.1, -0.05) is 28.1 Å². The Morgan fingerprint density at radius 3 is 2.81 bits per heavy atom. The quantitative estimate of drug-likeness (QED) is 0.819. The summed E-state index contributed by atoms with van der Waals surface area (Å²) in [6, 6.07) is 6.38. The second-order valence-corrected chi connectivity index (χ2v) is 6.30. The molecule has 0 aromatic heterocycles. The Kier molecular flexibility index (Phi) is 6.24. The molecule has 0 aliphatic carbocycles. The van der Waals surface area contributed by atoms with Crippen molar-refractivity contribution < 1.29 is 4.21 Å². The normalized spacial score (nSPS) is 12.7. The summed E-state index contributed by atoms with van der Waals surface area (Å²) in [5.74, 6) is 0.782. The Hall–Kier alpha value is -0.190. The number of aryl methyl sites for hydroxylation is 1. The first-order valence-corrected chi connectivity index (χ1v) is 7.87. The Bertz CT molecular complexity index is 368. The smallest absolute Gasteiger partial charge is 0.0244 e. The molecule has 16 heavy (non-hydrogen) atoms. The number of hydrogen-bond donors (Lipinski definition) is 1. The molecular formula is C12H18BrNOS. The van der Waals surface area contributed by atoms with Crippen molar-refractivity contribution >= 4 is 26.7 Å². The largest absolute Gasteiger partial charge is 0.313 e. The molecule has 1 aromatic rings. The maximum absolute atomic E-state index is 10.8. The van der Waals surface area contributed by atoms with Crippen LogP contribution in [0.3, 0.4) is 0 Å². The van der Waals surface area contributed by atoms with E-state index in [0.29, 0.717) is 0 Å². The molecule has 1 atom stereocenters. The van der Waals surface area contributed by atoms with E-state index in [1.54, 1.807) is 6.26 Å². The summed E-state index contributed by atoms with van der Waals surface area (Å²) in [5.41, 5.74) is 2.53. The predicted molar refractivity (Wildman–Crippen MR) is 74.1 cm³/mol. The number of hydrogen-bond acceptors (Lipinski definition) is 2. The molecule has 2 nitrogen and oxygen atoms in total. The van der Waals surface area contributed by atoms with Crippen LogP contribution in [-0.2, 0) is 17.3 Å². The minimum absolute atomic E-state index is 0.668. The third-order valence-electron chi connectivity index (χ3n) is 2.35. The molecule has 4 heteroatoms. The first-order chi connectivity index (χ1) is 7.59. The van der Waals surface area contributed by atoms with Crippen LogP contribution in [0.25, 0.3) is 0 Å². The van der Waals surface area contributed by atoms with E-state index in [1.165, 1.54) is 11.1 Å². The maximum atomic E-state index is 10.8. The molecule has 1 aromatic carbocycles. The molecule has 1 N–H and O–H groups in total. The van der Waals surface area contributed by atoms with Crippen LogP contribution in [0.4, 0.5) is 0 Å². The van der Waals surface area contributed by atoms with E-state index in [1.807, 2.05) is 0 Å². The van der Waals surface area contributed by atoms with Gasteiger partial charge in [0, 0.05) is 33.8 Å². The van der Waals surface area contributed by atoms with Gasteiger partial charge in [0.1, 0.15) is 0 Å². The van der Waals surface area contributed by atoms with Gasteiger partial charge in [0.05, 0.1) is 0 Å². The van der Waals surface area contributed by atoms with E-state index in [0.717, 1.165) is 29.7 Å². The van der Waals surface area contributed by atoms with Crippen molar-refractivity contribution in [1.82, 2.24) is 5.32 Å². The molecule has 0 spiro atoms. The van der Waals surface area contributed by atoms with Gasteiger partial charge in [-0.3, -0.25) is 4.21 Å². The lowest BCUT2D eigenvalue weighted by Gasteiger charge is -2.06. The van der Waals surface area contributed by atoms with Crippen molar-refractivity contribution in [2.24, 2.45) is 0 Å². The van der Waals surface area contributed by atoms with Crippen LogP contribution < -0.4 is 5.32 Å². The molecule has 0 bridgehead atoms. The van der Waals surface area contributed by atoms with Crippen molar-refractivity contribution in [2.45, 2.75) is 19.9 Å². The van der Waals surface area contributed by atoms with Gasteiger partial charge < -0.3 is 5.32 Å². The summed E-state index contributed by atoms with van der Waals surface area (Å²) in [4.78, 5) is 0. The molecule has 0 aliphatic heterocycles. The summed E-state index contributed by atoms with van der Waals surface area (Å²) in [6.07, 6.45) is 2.72. The summed E-state index contributed by atoms with van der Waals surface area (Å²) in [5, 5.41) is 3.35. The van der Waals surface area contributed by atoms with E-state index in [9.17, 15) is 4.21 Å². The zero-order valence-corrected chi connectivity index (χ0v) is 12.2. The number of rotatable bonds is 6. The third kappa shape index (κ3) is 5.23. The van der Waals surface area contributed by atoms with Crippen LogP contribution in [0.5, 0.6) is 0 Å². The summed E-state index contributed by atoms with van der Waals surface area (Å²) in [6.45, 7) is 3.87. The summed E-state index contributed by atoms with van der Waals surface area (Å²) < 4.78 is 12.0. The van der Waals surface area contributed by atoms with Crippen LogP contribution in [-0.4, -0.2) is 22.8 Å². The second-order valence-electron chi connectivity index (χ2n) is 3.89. The van der Waals surface area contributed by atoms with E-state index >= 15 is 0 Å². The minimum atomic E-state index is -0.668. The molecular weight excluding hydrogens is 286 g/mol. The van der Waals surface area contributed by atoms with Gasteiger partial charge in [-0.2, -0.15) is 0 Å². The molecule has 0 saturated carbocycles. The monoisotopic (exact) mass is 303 g/mol. The van der Waals surface area contributed by atoms with E-state index < -0.39 is 10.8 Å². The number of halogens is 1. The fourth-order valence-corrected chi connectivity index (χ4v) is 2.36. The van der Waals surface area contributed by atoms with Gasteiger partial charge >= 0.3 is 0 Å². The fourth-order valence-electron chi connectivity index (χ4n) is 1.38. The van der Waals surface area contributed by atoms with Gasteiger partial charge in [-0.15, -0.1) is 0 Å². The summed E-state index contributed by atoms with van der Waals surface area (Å²) >= 11 is 3.52. The predicted octanol–water partition coefficient (Wildman–Crippen LogP) is 2.62. The molecule has 0 heterocycles. The molecule has 1 unspecified atom stereocenters. The summed E-state index contributed by atoms with van der Waals surface area (Å²) in [7, 11) is -0.668. The van der Waals surface area contributed by atoms with Crippen molar-refractivity contribution in [2.75, 3.05) is 18.6 Å². The molecule has 0 fully saturated rings. The van der Waals surface area contributed by atoms with Crippen molar-refractivity contribution in [3.63, 3.8) is 0 Å². The Balaban J connectivity index is 2.27. The van der Waals surface area contributed by atoms with Crippen molar-refractivity contribution in [1.29, 1.82) is 0 Å². The van der Waals surface area contributed by atoms with E-state index in [4.69, 9.17) is 0 Å². The van der Waals surface area contributed by atoms with E-state index in [2.05, 4.69) is 46.4 Å². The topological polar surface area (TPSA) is 29.1 Å². The molecule has 0 saturated heterocycles. The van der Waals surface area contributed by atoms with Gasteiger partial charge in [-0.25, -0.2) is 0 Å². The highest BCUT2D eigenvalue weighted by molar-refractivity contribution is 9.10. The van der Waals surface area contributed by atoms with Crippen LogP contribution in [0.2, 0.25) is 0 Å². The zero-order chi connectivity index (χ0) is 12.0. The third-order valence-corrected chi connectivity index (χ3v) is 4.07. The van der Waals surface area contributed by atoms with Crippen LogP contribution in [0, 0.1) is 6.92 Å². The second kappa shape index (κ2) is 7.20. The highest BCUT2D eigenvalue weighted by atomic mass is 79.9. The van der Waals surface area contributed by atoms with Crippen LogP contribution in [0.15, 0.2) is 22.7 Å². The number of nitrogens with one attached hydrogen (secondary N) is 1. The Labute approximate surface area is 108 Å². The minimum Gasteiger partial charge on any atom is -0.313 e. The molecule has 0 aliphatic rings. The van der Waals surface area contributed by atoms with Gasteiger partial charge in [0.2, 0.25) is 0 Å². The lowest BCUT2D eigenvalue weighted by Crippen LogP contribution is -2.16. The number of benzene rings is 1. The highest BCUT2D eigenvalue weighted by Gasteiger charge is 1.97. The molecule has 0 radical (unpaired) electrons. The average Bonchev–Trinajstić information content (AvgIpc) is 2.22. The first kappa shape index (κ1) is 13.9. The fraction of sp³-hybridized carbons (Fsp3) is 0.500. The van der Waals surface area contributed by atoms with Gasteiger partial charge in [0.15, 0.2) is 0 Å². The molecule has 0 amide bonds.